The van der Waals surface area contributed by atoms with Gasteiger partial charge in [-0.05, 0) is 13.8 Å². The van der Waals surface area contributed by atoms with Crippen molar-refractivity contribution in [2.24, 2.45) is 0 Å². The summed E-state index contributed by atoms with van der Waals surface area (Å²) in [6, 6.07) is 0. The number of aliphatic hydroxyl groups is 1. The molecule has 0 spiro atoms. The Bertz CT molecular complexity index is 40.5. The molecule has 0 unspecified atom stereocenters. The lowest BCUT2D eigenvalue weighted by atomic mass is 9.84. The smallest absolute Gasteiger partial charge is 0.223 e. The van der Waals surface area contributed by atoms with E-state index in [0.717, 1.165) is 0 Å². The van der Waals surface area contributed by atoms with E-state index in [0.29, 0.717) is 6.56 Å². The van der Waals surface area contributed by atoms with Crippen molar-refractivity contribution in [1.82, 2.24) is 0 Å². The molecule has 0 atom stereocenters. The molecule has 0 aliphatic heterocycles. The van der Waals surface area contributed by atoms with Crippen LogP contribution in [0.25, 0.3) is 0 Å². The van der Waals surface area contributed by atoms with E-state index in [-0.39, 0.29) is 0 Å². The van der Waals surface area contributed by atoms with Gasteiger partial charge in [0.25, 0.3) is 0 Å². The Hall–Kier alpha value is 0.375. The molecule has 0 bridgehead atoms. The van der Waals surface area contributed by atoms with Crippen molar-refractivity contribution in [3.63, 3.8) is 0 Å². The van der Waals surface area contributed by atoms with Crippen LogP contribution in [-0.2, 0) is 0 Å². The Balaban J connectivity index is 3.17. The highest BCUT2D eigenvalue weighted by molar-refractivity contribution is 8.07. The first-order chi connectivity index (χ1) is 2.56. The highest BCUT2D eigenvalue weighted by Crippen LogP contribution is 1.97. The lowest BCUT2D eigenvalue weighted by Gasteiger charge is -2.09. The second kappa shape index (κ2) is 1.89. The molecule has 0 saturated heterocycles. The van der Waals surface area contributed by atoms with Gasteiger partial charge < -0.3 is 5.11 Å². The fraction of sp³-hybridized carbons (Fsp3) is 1.00. The van der Waals surface area contributed by atoms with Crippen LogP contribution in [0.3, 0.4) is 0 Å². The summed E-state index contributed by atoms with van der Waals surface area (Å²) < 4.78 is 0. The van der Waals surface area contributed by atoms with Crippen molar-refractivity contribution >= 4 is 19.0 Å². The van der Waals surface area contributed by atoms with Crippen molar-refractivity contribution in [2.45, 2.75) is 19.3 Å². The van der Waals surface area contributed by atoms with Gasteiger partial charge in [0.2, 0.25) is 6.56 Å². The summed E-state index contributed by atoms with van der Waals surface area (Å²) in [4.78, 5) is 0. The van der Waals surface area contributed by atoms with E-state index >= 15 is 0 Å². The molecule has 6 heavy (non-hydrogen) atoms. The minimum Gasteiger partial charge on any atom is -0.398 e. The molecule has 1 nitrogen and oxygen atoms in total. The molecule has 0 aliphatic rings. The summed E-state index contributed by atoms with van der Waals surface area (Å²) in [7, 11) is 0. The zero-order valence-corrected chi connectivity index (χ0v) is 5.00. The SMILES string of the molecule is CC(C)(O)BS. The van der Waals surface area contributed by atoms with Crippen LogP contribution in [0.4, 0.5) is 0 Å². The average Bonchev–Trinajstić information content (AvgIpc) is 1.35. The quantitative estimate of drug-likeness (QED) is 0.354. The molecule has 0 saturated carbocycles. The van der Waals surface area contributed by atoms with Crippen molar-refractivity contribution in [2.75, 3.05) is 0 Å². The third-order valence-electron chi connectivity index (χ3n) is 0.387. The van der Waals surface area contributed by atoms with Crippen LogP contribution in [-0.4, -0.2) is 17.2 Å². The summed E-state index contributed by atoms with van der Waals surface area (Å²) in [5, 5.41) is 8.75. The van der Waals surface area contributed by atoms with E-state index in [1.165, 1.54) is 0 Å². The molecule has 3 heteroatoms. The molecule has 0 amide bonds. The Morgan fingerprint density at radius 1 is 1.67 bits per heavy atom. The van der Waals surface area contributed by atoms with Gasteiger partial charge in [-0.1, -0.05) is 0 Å². The summed E-state index contributed by atoms with van der Waals surface area (Å²) in [6.07, 6.45) is 0. The van der Waals surface area contributed by atoms with E-state index in [1.807, 2.05) is 0 Å². The molecule has 36 valence electrons. The van der Waals surface area contributed by atoms with Crippen LogP contribution >= 0.6 is 12.5 Å². The maximum absolute atomic E-state index is 8.75. The molecular formula is C3H9BOS. The molecule has 0 radical (unpaired) electrons. The zero-order valence-electron chi connectivity index (χ0n) is 4.10. The first-order valence-corrected chi connectivity index (χ1v) is 2.53. The lowest BCUT2D eigenvalue weighted by molar-refractivity contribution is 0.169. The van der Waals surface area contributed by atoms with Gasteiger partial charge in [0.15, 0.2) is 0 Å². The predicted octanol–water partition coefficient (Wildman–Crippen LogP) is -0.00390. The molecule has 1 N–H and O–H groups in total. The van der Waals surface area contributed by atoms with Crippen LogP contribution in [0.1, 0.15) is 13.8 Å². The van der Waals surface area contributed by atoms with Crippen LogP contribution < -0.4 is 0 Å². The number of rotatable bonds is 1. The summed E-state index contributed by atoms with van der Waals surface area (Å²) >= 11 is 3.85. The van der Waals surface area contributed by atoms with Gasteiger partial charge in [0.05, 0.1) is 0 Å². The minimum absolute atomic E-state index is 0.521. The predicted molar refractivity (Wildman–Crippen MR) is 32.4 cm³/mol. The molecular weight excluding hydrogens is 94.9 g/mol. The Kier molecular flexibility index (Phi) is 2.01. The van der Waals surface area contributed by atoms with Crippen molar-refractivity contribution in [3.05, 3.63) is 0 Å². The van der Waals surface area contributed by atoms with Gasteiger partial charge in [0, 0.05) is 5.50 Å². The van der Waals surface area contributed by atoms with Gasteiger partial charge in [-0.15, -0.1) is 0 Å². The van der Waals surface area contributed by atoms with Gasteiger partial charge in [-0.2, -0.15) is 0 Å². The van der Waals surface area contributed by atoms with E-state index in [4.69, 9.17) is 5.11 Å². The molecule has 0 aromatic carbocycles. The van der Waals surface area contributed by atoms with E-state index < -0.39 is 5.50 Å². The second-order valence-electron chi connectivity index (χ2n) is 1.97. The maximum atomic E-state index is 8.75. The van der Waals surface area contributed by atoms with E-state index in [1.54, 1.807) is 13.8 Å². The van der Waals surface area contributed by atoms with Crippen LogP contribution in [0, 0.1) is 0 Å². The monoisotopic (exact) mass is 104 g/mol. The minimum atomic E-state index is -0.594. The zero-order chi connectivity index (χ0) is 5.21. The molecule has 0 aliphatic carbocycles. The number of thiol groups is 1. The highest BCUT2D eigenvalue weighted by atomic mass is 32.1. The standard InChI is InChI=1S/C3H9BOS/c1-3(2,5)4-6/h4-6H,1-2H3. The van der Waals surface area contributed by atoms with Gasteiger partial charge >= 0.3 is 0 Å². The molecule has 0 rings (SSSR count). The lowest BCUT2D eigenvalue weighted by Crippen LogP contribution is -2.23. The van der Waals surface area contributed by atoms with Crippen LogP contribution in [0.15, 0.2) is 0 Å². The van der Waals surface area contributed by atoms with E-state index in [2.05, 4.69) is 12.5 Å². The number of hydrogen-bond acceptors (Lipinski definition) is 2. The van der Waals surface area contributed by atoms with Gasteiger partial charge in [0.1, 0.15) is 0 Å². The number of hydrogen-bond donors (Lipinski definition) is 2. The highest BCUT2D eigenvalue weighted by Gasteiger charge is 2.09. The van der Waals surface area contributed by atoms with Crippen molar-refractivity contribution < 1.29 is 5.11 Å². The summed E-state index contributed by atoms with van der Waals surface area (Å²) in [5.41, 5.74) is -0.594. The summed E-state index contributed by atoms with van der Waals surface area (Å²) in [5.74, 6) is 0. The van der Waals surface area contributed by atoms with Crippen LogP contribution in [0.5, 0.6) is 0 Å². The fourth-order valence-electron chi connectivity index (χ4n) is 0. The molecule has 0 aromatic heterocycles. The van der Waals surface area contributed by atoms with E-state index in [9.17, 15) is 0 Å². The van der Waals surface area contributed by atoms with Gasteiger partial charge in [-0.25, -0.2) is 12.5 Å². The first-order valence-electron chi connectivity index (χ1n) is 1.89. The normalized spacial score (nSPS) is 11.3. The van der Waals surface area contributed by atoms with Crippen molar-refractivity contribution in [3.8, 4) is 0 Å². The fourth-order valence-corrected chi connectivity index (χ4v) is 0. The Morgan fingerprint density at radius 3 is 1.83 bits per heavy atom. The largest absolute Gasteiger partial charge is 0.398 e. The summed E-state index contributed by atoms with van der Waals surface area (Å²) in [6.45, 7) is 3.97. The molecule has 0 fully saturated rings. The van der Waals surface area contributed by atoms with Crippen LogP contribution in [0.2, 0.25) is 0 Å². The third kappa shape index (κ3) is 4.37. The molecule has 0 aromatic rings. The van der Waals surface area contributed by atoms with Crippen molar-refractivity contribution in [1.29, 1.82) is 0 Å². The first kappa shape index (κ1) is 6.37. The van der Waals surface area contributed by atoms with Gasteiger partial charge in [-0.3, -0.25) is 0 Å². The average molecular weight is 104 g/mol. The Labute approximate surface area is 44.3 Å². The molecule has 0 heterocycles. The second-order valence-corrected chi connectivity index (χ2v) is 2.29. The maximum Gasteiger partial charge on any atom is 0.223 e. The Morgan fingerprint density at radius 2 is 1.83 bits per heavy atom. The topological polar surface area (TPSA) is 20.2 Å². The third-order valence-corrected chi connectivity index (χ3v) is 1.16.